The summed E-state index contributed by atoms with van der Waals surface area (Å²) in [6.07, 6.45) is 3.30. The first-order chi connectivity index (χ1) is 16.1. The van der Waals surface area contributed by atoms with Crippen LogP contribution in [0.2, 0.25) is 0 Å². The summed E-state index contributed by atoms with van der Waals surface area (Å²) in [6, 6.07) is 11.1. The molecule has 1 aromatic carbocycles. The summed E-state index contributed by atoms with van der Waals surface area (Å²) < 4.78 is 22.5. The van der Waals surface area contributed by atoms with E-state index in [0.717, 1.165) is 16.6 Å². The maximum atomic E-state index is 12.5. The number of fused-ring (bicyclic) bond motifs is 2. The maximum Gasteiger partial charge on any atom is 0.508 e. The molecule has 0 spiro atoms. The van der Waals surface area contributed by atoms with E-state index in [1.165, 1.54) is 0 Å². The molecule has 4 rings (SSSR count). The number of benzene rings is 1. The lowest BCUT2D eigenvalue weighted by atomic mass is 9.85. The van der Waals surface area contributed by atoms with Crippen molar-refractivity contribution in [2.24, 2.45) is 0 Å². The molecule has 0 unspecified atom stereocenters. The van der Waals surface area contributed by atoms with Gasteiger partial charge in [0.15, 0.2) is 0 Å². The molecule has 1 aliphatic heterocycles. The first-order valence-corrected chi connectivity index (χ1v) is 11.3. The molecule has 7 nitrogen and oxygen atoms in total. The van der Waals surface area contributed by atoms with Crippen LogP contribution < -0.4 is 10.4 Å². The van der Waals surface area contributed by atoms with Crippen LogP contribution in [-0.4, -0.2) is 29.5 Å². The van der Waals surface area contributed by atoms with Crippen molar-refractivity contribution in [3.63, 3.8) is 0 Å². The van der Waals surface area contributed by atoms with Gasteiger partial charge in [-0.15, -0.1) is 6.58 Å². The third-order valence-electron chi connectivity index (χ3n) is 6.22. The Bertz CT molecular complexity index is 1280. The molecule has 0 bridgehead atoms. The number of hydrogen-bond donors (Lipinski definition) is 0. The summed E-state index contributed by atoms with van der Waals surface area (Å²) in [7, 11) is 0. The number of carbonyl (C=O) groups excluding carboxylic acids is 1. The lowest BCUT2D eigenvalue weighted by Gasteiger charge is -2.30. The van der Waals surface area contributed by atoms with E-state index >= 15 is 0 Å². The molecule has 7 heteroatoms. The van der Waals surface area contributed by atoms with Crippen molar-refractivity contribution in [3.8, 4) is 5.75 Å². The van der Waals surface area contributed by atoms with Gasteiger partial charge >= 0.3 is 11.8 Å². The van der Waals surface area contributed by atoms with Crippen LogP contribution in [0.4, 0.5) is 4.79 Å². The Morgan fingerprint density at radius 1 is 1.24 bits per heavy atom. The minimum atomic E-state index is -0.940. The second kappa shape index (κ2) is 8.97. The van der Waals surface area contributed by atoms with E-state index in [4.69, 9.17) is 18.6 Å². The molecule has 1 aliphatic rings. The number of pyridine rings is 1. The second-order valence-electron chi connectivity index (χ2n) is 9.56. The Hall–Kier alpha value is -3.61. The topological polar surface area (TPSA) is 87.9 Å². The van der Waals surface area contributed by atoms with Gasteiger partial charge in [-0.25, -0.2) is 9.59 Å². The van der Waals surface area contributed by atoms with E-state index in [0.29, 0.717) is 29.7 Å². The first kappa shape index (κ1) is 23.5. The second-order valence-corrected chi connectivity index (χ2v) is 9.56. The summed E-state index contributed by atoms with van der Waals surface area (Å²) in [5.74, 6) is 0.608. The number of rotatable bonds is 7. The third-order valence-corrected chi connectivity index (χ3v) is 6.22. The molecule has 0 saturated heterocycles. The van der Waals surface area contributed by atoms with Crippen molar-refractivity contribution in [2.75, 3.05) is 6.61 Å². The average Bonchev–Trinajstić information content (AvgIpc) is 3.21. The van der Waals surface area contributed by atoms with Crippen LogP contribution in [0.5, 0.6) is 5.75 Å². The molecular weight excluding hydrogens is 434 g/mol. The molecular formula is C27H29NO6. The minimum Gasteiger partial charge on any atom is -0.485 e. The highest BCUT2D eigenvalue weighted by Gasteiger charge is 2.40. The molecule has 1 atom stereocenters. The Balaban J connectivity index is 1.45. The van der Waals surface area contributed by atoms with Crippen molar-refractivity contribution >= 4 is 17.1 Å². The van der Waals surface area contributed by atoms with E-state index < -0.39 is 28.9 Å². The fraction of sp³-hybridized carbons (Fsp3) is 0.370. The monoisotopic (exact) mass is 463 g/mol. The zero-order valence-electron chi connectivity index (χ0n) is 19.9. The molecule has 3 heterocycles. The largest absolute Gasteiger partial charge is 0.508 e. The Labute approximate surface area is 198 Å². The summed E-state index contributed by atoms with van der Waals surface area (Å²) in [6.45, 7) is 11.4. The van der Waals surface area contributed by atoms with Gasteiger partial charge < -0.3 is 18.6 Å². The predicted octanol–water partition coefficient (Wildman–Crippen LogP) is 5.13. The van der Waals surface area contributed by atoms with Crippen LogP contribution >= 0.6 is 0 Å². The van der Waals surface area contributed by atoms with Crippen molar-refractivity contribution in [3.05, 3.63) is 82.5 Å². The summed E-state index contributed by atoms with van der Waals surface area (Å²) >= 11 is 0. The van der Waals surface area contributed by atoms with Crippen molar-refractivity contribution < 1.29 is 23.4 Å². The molecule has 34 heavy (non-hydrogen) atoms. The van der Waals surface area contributed by atoms with E-state index in [-0.39, 0.29) is 6.61 Å². The summed E-state index contributed by atoms with van der Waals surface area (Å²) in [5, 5.41) is 0.806. The van der Waals surface area contributed by atoms with Gasteiger partial charge in [-0.3, -0.25) is 4.98 Å². The van der Waals surface area contributed by atoms with Crippen LogP contribution in [-0.2, 0) is 27.7 Å². The van der Waals surface area contributed by atoms with Crippen molar-refractivity contribution in [2.45, 2.75) is 57.7 Å². The maximum absolute atomic E-state index is 12.5. The number of nitrogens with zero attached hydrogens (tertiary/aromatic N) is 1. The Morgan fingerprint density at radius 2 is 2.03 bits per heavy atom. The van der Waals surface area contributed by atoms with Crippen molar-refractivity contribution in [1.29, 1.82) is 0 Å². The molecule has 0 aliphatic carbocycles. The number of allylic oxidation sites excluding steroid dienone is 1. The van der Waals surface area contributed by atoms with E-state index in [2.05, 4.69) is 11.6 Å². The summed E-state index contributed by atoms with van der Waals surface area (Å²) in [4.78, 5) is 29.0. The Kier molecular flexibility index (Phi) is 6.21. The highest BCUT2D eigenvalue weighted by Crippen LogP contribution is 2.38. The molecule has 3 aromatic rings. The molecule has 0 saturated carbocycles. The number of hydrogen-bond acceptors (Lipinski definition) is 7. The first-order valence-electron chi connectivity index (χ1n) is 11.3. The lowest BCUT2D eigenvalue weighted by molar-refractivity contribution is -0.0670. The van der Waals surface area contributed by atoms with E-state index in [1.807, 2.05) is 44.2 Å². The molecule has 178 valence electrons. The van der Waals surface area contributed by atoms with Gasteiger partial charge in [0.25, 0.3) is 0 Å². The van der Waals surface area contributed by atoms with Gasteiger partial charge in [-0.05, 0) is 43.7 Å². The molecule has 0 amide bonds. The van der Waals surface area contributed by atoms with E-state index in [9.17, 15) is 9.59 Å². The SMILES string of the molecule is C=CC(C)(C)c1cc2cc3c(cc2oc1=O)O[C@@H](C(C)(C)OC(=O)OCCc1ccccn1)C3. The third kappa shape index (κ3) is 4.83. The van der Waals surface area contributed by atoms with Crippen LogP contribution in [0.1, 0.15) is 44.5 Å². The normalized spacial score (nSPS) is 15.5. The van der Waals surface area contributed by atoms with Gasteiger partial charge in [0.2, 0.25) is 0 Å². The molecule has 0 radical (unpaired) electrons. The van der Waals surface area contributed by atoms with Gasteiger partial charge in [0.05, 0.1) is 0 Å². The summed E-state index contributed by atoms with van der Waals surface area (Å²) in [5.41, 5.74) is 0.924. The lowest BCUT2D eigenvalue weighted by Crippen LogP contribution is -2.43. The zero-order valence-corrected chi connectivity index (χ0v) is 19.9. The fourth-order valence-corrected chi connectivity index (χ4v) is 3.90. The van der Waals surface area contributed by atoms with Gasteiger partial charge in [0.1, 0.15) is 29.6 Å². The van der Waals surface area contributed by atoms with Crippen LogP contribution in [0.3, 0.4) is 0 Å². The van der Waals surface area contributed by atoms with Crippen LogP contribution in [0.15, 0.2) is 64.5 Å². The van der Waals surface area contributed by atoms with Crippen LogP contribution in [0, 0.1) is 0 Å². The van der Waals surface area contributed by atoms with Crippen LogP contribution in [0.25, 0.3) is 11.0 Å². The number of carbonyl (C=O) groups is 1. The molecule has 2 aromatic heterocycles. The highest BCUT2D eigenvalue weighted by molar-refractivity contribution is 5.80. The van der Waals surface area contributed by atoms with Gasteiger partial charge in [-0.2, -0.15) is 0 Å². The number of aromatic nitrogens is 1. The smallest absolute Gasteiger partial charge is 0.485 e. The molecule has 0 N–H and O–H groups in total. The zero-order chi connectivity index (χ0) is 24.5. The fourth-order valence-electron chi connectivity index (χ4n) is 3.90. The van der Waals surface area contributed by atoms with Gasteiger partial charge in [-0.1, -0.05) is 26.0 Å². The predicted molar refractivity (Wildman–Crippen MR) is 128 cm³/mol. The Morgan fingerprint density at radius 3 is 2.74 bits per heavy atom. The van der Waals surface area contributed by atoms with Gasteiger partial charge in [0, 0.05) is 47.2 Å². The quantitative estimate of drug-likeness (QED) is 0.273. The standard InChI is InChI=1S/C27H29NO6/c1-6-26(2,3)20-14-17-13-18-15-23(32-21(18)16-22(17)33-24(20)29)27(4,5)34-25(30)31-12-10-19-9-7-8-11-28-19/h6-9,11,13-14,16,23H,1,10,12,15H2,2-5H3/t23-/m1/s1. The average molecular weight is 464 g/mol. The van der Waals surface area contributed by atoms with E-state index in [1.54, 1.807) is 32.2 Å². The minimum absolute atomic E-state index is 0.172. The van der Waals surface area contributed by atoms with Crippen molar-refractivity contribution in [1.82, 2.24) is 4.98 Å². The highest BCUT2D eigenvalue weighted by atomic mass is 16.7. The number of ether oxygens (including phenoxy) is 3. The molecule has 0 fully saturated rings.